The summed E-state index contributed by atoms with van der Waals surface area (Å²) in [5, 5.41) is 12.1. The van der Waals surface area contributed by atoms with E-state index in [-0.39, 0.29) is 47.5 Å². The minimum absolute atomic E-state index is 0.171. The molecule has 2 heterocycles. The number of carbonyl (C=O) groups excluding carboxylic acids is 1. The van der Waals surface area contributed by atoms with Gasteiger partial charge in [-0.15, -0.1) is 0 Å². The van der Waals surface area contributed by atoms with Crippen LogP contribution in [0.15, 0.2) is 83.9 Å². The van der Waals surface area contributed by atoms with Crippen LogP contribution in [0.3, 0.4) is 0 Å². The summed E-state index contributed by atoms with van der Waals surface area (Å²) in [6.07, 6.45) is 2.00. The zero-order valence-electron chi connectivity index (χ0n) is 19.8. The van der Waals surface area contributed by atoms with Gasteiger partial charge in [0.2, 0.25) is 0 Å². The molecule has 0 saturated carbocycles. The summed E-state index contributed by atoms with van der Waals surface area (Å²) in [7, 11) is -3.66. The van der Waals surface area contributed by atoms with Gasteiger partial charge in [-0.05, 0) is 60.9 Å². The van der Waals surface area contributed by atoms with E-state index in [1.807, 2.05) is 12.1 Å². The molecule has 1 aliphatic rings. The zero-order valence-corrected chi connectivity index (χ0v) is 21.3. The van der Waals surface area contributed by atoms with Crippen LogP contribution < -0.4 is 0 Å². The number of sulfone groups is 1. The van der Waals surface area contributed by atoms with E-state index in [1.54, 1.807) is 53.6 Å². The molecule has 0 atom stereocenters. The minimum atomic E-state index is -3.66. The minimum Gasteiger partial charge on any atom is -0.385 e. The molecule has 1 aliphatic heterocycles. The van der Waals surface area contributed by atoms with Crippen molar-refractivity contribution in [2.24, 2.45) is 0 Å². The third kappa shape index (κ3) is 5.09. The number of hydrogen-bond donors (Lipinski definition) is 1. The van der Waals surface area contributed by atoms with Crippen LogP contribution in [0.4, 0.5) is 4.39 Å². The molecule has 5 rings (SSSR count). The summed E-state index contributed by atoms with van der Waals surface area (Å²) in [6.45, 7) is 0.540. The second-order valence-electron chi connectivity index (χ2n) is 9.24. The van der Waals surface area contributed by atoms with Gasteiger partial charge < -0.3 is 10.0 Å². The summed E-state index contributed by atoms with van der Waals surface area (Å²) in [4.78, 5) is 19.1. The van der Waals surface area contributed by atoms with E-state index in [2.05, 4.69) is 4.98 Å². The lowest BCUT2D eigenvalue weighted by molar-refractivity contribution is -0.0212. The number of para-hydroxylation sites is 1. The highest BCUT2D eigenvalue weighted by Crippen LogP contribution is 2.37. The SMILES string of the molecule is O=C(c1ccc(CS(=O)(=O)c2cccc3cccnc23)cc1)N1CCC(O)(c2cc(F)ccc2Cl)CC1. The molecule has 0 bridgehead atoms. The molecule has 1 saturated heterocycles. The molecule has 37 heavy (non-hydrogen) atoms. The quantitative estimate of drug-likeness (QED) is 0.381. The van der Waals surface area contributed by atoms with Crippen LogP contribution in [-0.4, -0.2) is 42.4 Å². The number of likely N-dealkylation sites (tertiary alicyclic amines) is 1. The molecule has 1 aromatic heterocycles. The third-order valence-electron chi connectivity index (χ3n) is 6.80. The van der Waals surface area contributed by atoms with Crippen molar-refractivity contribution < 1.29 is 22.7 Å². The van der Waals surface area contributed by atoms with Crippen molar-refractivity contribution in [2.75, 3.05) is 13.1 Å². The van der Waals surface area contributed by atoms with Crippen molar-refractivity contribution in [3.63, 3.8) is 0 Å². The number of aliphatic hydroxyl groups is 1. The number of benzene rings is 3. The van der Waals surface area contributed by atoms with Crippen molar-refractivity contribution in [3.05, 3.63) is 107 Å². The van der Waals surface area contributed by atoms with Gasteiger partial charge in [-0.3, -0.25) is 9.78 Å². The van der Waals surface area contributed by atoms with E-state index >= 15 is 0 Å². The fraction of sp³-hybridized carbons (Fsp3) is 0.214. The number of hydrogen-bond acceptors (Lipinski definition) is 5. The summed E-state index contributed by atoms with van der Waals surface area (Å²) < 4.78 is 40.0. The Balaban J connectivity index is 1.27. The number of rotatable bonds is 5. The Bertz CT molecular complexity index is 1580. The molecule has 6 nitrogen and oxygen atoms in total. The Morgan fingerprint density at radius 1 is 1.03 bits per heavy atom. The molecule has 0 radical (unpaired) electrons. The van der Waals surface area contributed by atoms with E-state index in [1.165, 1.54) is 18.2 Å². The fourth-order valence-corrected chi connectivity index (χ4v) is 6.58. The Kier molecular flexibility index (Phi) is 6.74. The van der Waals surface area contributed by atoms with Gasteiger partial charge in [0.05, 0.1) is 21.8 Å². The predicted octanol–water partition coefficient (Wildman–Crippen LogP) is 5.13. The van der Waals surface area contributed by atoms with Gasteiger partial charge in [0.1, 0.15) is 5.82 Å². The van der Waals surface area contributed by atoms with Crippen LogP contribution in [0.5, 0.6) is 0 Å². The van der Waals surface area contributed by atoms with Gasteiger partial charge in [0.15, 0.2) is 9.84 Å². The summed E-state index contributed by atoms with van der Waals surface area (Å²) in [6, 6.07) is 19.0. The lowest BCUT2D eigenvalue weighted by Crippen LogP contribution is -2.45. The van der Waals surface area contributed by atoms with E-state index < -0.39 is 21.3 Å². The molecule has 1 amide bonds. The van der Waals surface area contributed by atoms with E-state index in [4.69, 9.17) is 11.6 Å². The standard InChI is InChI=1S/C28H24ClFN2O4S/c29-24-11-10-22(30)17-23(24)28(34)12-15-32(16-13-28)27(33)21-8-6-19(7-9-21)18-37(35,36)25-5-1-3-20-4-2-14-31-26(20)25/h1-11,14,17,34H,12-13,15-16,18H2. The Labute approximate surface area is 219 Å². The van der Waals surface area contributed by atoms with Crippen molar-refractivity contribution in [1.29, 1.82) is 0 Å². The second-order valence-corrected chi connectivity index (χ2v) is 11.6. The molecule has 0 aliphatic carbocycles. The topological polar surface area (TPSA) is 87.6 Å². The van der Waals surface area contributed by atoms with Crippen LogP contribution in [0, 0.1) is 5.82 Å². The molecule has 0 spiro atoms. The molecule has 190 valence electrons. The molecule has 1 N–H and O–H groups in total. The Morgan fingerprint density at radius 2 is 1.73 bits per heavy atom. The van der Waals surface area contributed by atoms with Crippen molar-refractivity contribution >= 4 is 38.2 Å². The van der Waals surface area contributed by atoms with Crippen LogP contribution in [0.25, 0.3) is 10.9 Å². The van der Waals surface area contributed by atoms with Crippen LogP contribution in [0.1, 0.15) is 34.3 Å². The molecule has 9 heteroatoms. The molecule has 4 aromatic rings. The molecular weight excluding hydrogens is 515 g/mol. The Hall–Kier alpha value is -3.33. The number of nitrogens with zero attached hydrogens (tertiary/aromatic N) is 2. The first kappa shape index (κ1) is 25.3. The highest BCUT2D eigenvalue weighted by Gasteiger charge is 2.37. The van der Waals surface area contributed by atoms with Crippen molar-refractivity contribution in [2.45, 2.75) is 29.1 Å². The van der Waals surface area contributed by atoms with Crippen molar-refractivity contribution in [1.82, 2.24) is 9.88 Å². The van der Waals surface area contributed by atoms with Gasteiger partial charge in [0.25, 0.3) is 5.91 Å². The van der Waals surface area contributed by atoms with E-state index in [0.717, 1.165) is 5.39 Å². The first-order valence-electron chi connectivity index (χ1n) is 11.8. The average molecular weight is 539 g/mol. The fourth-order valence-electron chi connectivity index (χ4n) is 4.75. The number of aromatic nitrogens is 1. The van der Waals surface area contributed by atoms with Crippen LogP contribution in [0.2, 0.25) is 5.02 Å². The lowest BCUT2D eigenvalue weighted by Gasteiger charge is -2.39. The number of carbonyl (C=O) groups is 1. The van der Waals surface area contributed by atoms with Gasteiger partial charge in [-0.1, -0.05) is 41.9 Å². The molecular formula is C28H24ClFN2O4S. The predicted molar refractivity (Wildman–Crippen MR) is 140 cm³/mol. The normalized spacial score (nSPS) is 15.6. The molecule has 1 fully saturated rings. The first-order chi connectivity index (χ1) is 17.7. The Morgan fingerprint density at radius 3 is 2.46 bits per heavy atom. The van der Waals surface area contributed by atoms with Gasteiger partial charge in [-0.25, -0.2) is 12.8 Å². The zero-order chi connectivity index (χ0) is 26.2. The van der Waals surface area contributed by atoms with Crippen LogP contribution in [-0.2, 0) is 21.2 Å². The van der Waals surface area contributed by atoms with E-state index in [9.17, 15) is 22.7 Å². The maximum Gasteiger partial charge on any atom is 0.253 e. The molecule has 3 aromatic carbocycles. The smallest absolute Gasteiger partial charge is 0.253 e. The maximum atomic E-state index is 13.7. The first-order valence-corrected chi connectivity index (χ1v) is 13.8. The van der Waals surface area contributed by atoms with Gasteiger partial charge in [-0.2, -0.15) is 0 Å². The number of halogens is 2. The number of pyridine rings is 1. The van der Waals surface area contributed by atoms with Gasteiger partial charge >= 0.3 is 0 Å². The summed E-state index contributed by atoms with van der Waals surface area (Å²) in [5.74, 6) is -0.923. The van der Waals surface area contributed by atoms with Crippen LogP contribution >= 0.6 is 11.6 Å². The number of amides is 1. The average Bonchev–Trinajstić information content (AvgIpc) is 2.90. The summed E-state index contributed by atoms with van der Waals surface area (Å²) >= 11 is 6.19. The highest BCUT2D eigenvalue weighted by molar-refractivity contribution is 7.90. The number of fused-ring (bicyclic) bond motifs is 1. The monoisotopic (exact) mass is 538 g/mol. The highest BCUT2D eigenvalue weighted by atomic mass is 35.5. The third-order valence-corrected chi connectivity index (χ3v) is 8.84. The largest absolute Gasteiger partial charge is 0.385 e. The lowest BCUT2D eigenvalue weighted by atomic mass is 9.84. The maximum absolute atomic E-state index is 13.7. The van der Waals surface area contributed by atoms with Crippen molar-refractivity contribution in [3.8, 4) is 0 Å². The summed E-state index contributed by atoms with van der Waals surface area (Å²) in [5.41, 5.74) is 0.417. The van der Waals surface area contributed by atoms with Gasteiger partial charge in [0, 0.05) is 40.8 Å². The number of piperidine rings is 1. The second kappa shape index (κ2) is 9.85. The molecule has 0 unspecified atom stereocenters. The van der Waals surface area contributed by atoms with E-state index in [0.29, 0.717) is 22.2 Å².